The van der Waals surface area contributed by atoms with Gasteiger partial charge in [-0.1, -0.05) is 12.1 Å². The molecule has 1 N–H and O–H groups in total. The summed E-state index contributed by atoms with van der Waals surface area (Å²) in [7, 11) is 1.65. The van der Waals surface area contributed by atoms with Gasteiger partial charge in [-0.15, -0.1) is 0 Å². The summed E-state index contributed by atoms with van der Waals surface area (Å²) >= 11 is 0. The Bertz CT molecular complexity index is 818. The van der Waals surface area contributed by atoms with E-state index in [2.05, 4.69) is 20.2 Å². The zero-order valence-electron chi connectivity index (χ0n) is 15.3. The second-order valence-electron chi connectivity index (χ2n) is 6.85. The summed E-state index contributed by atoms with van der Waals surface area (Å²) in [4.78, 5) is 8.63. The topological polar surface area (TPSA) is 90.9 Å². The number of rotatable bonds is 8. The highest BCUT2D eigenvalue weighted by Crippen LogP contribution is 2.15. The van der Waals surface area contributed by atoms with Gasteiger partial charge < -0.3 is 9.84 Å². The zero-order chi connectivity index (χ0) is 18.6. The second-order valence-corrected chi connectivity index (χ2v) is 6.85. The predicted molar refractivity (Wildman–Crippen MR) is 95.8 cm³/mol. The summed E-state index contributed by atoms with van der Waals surface area (Å²) in [6, 6.07) is 7.86. The van der Waals surface area contributed by atoms with E-state index in [0.717, 1.165) is 23.0 Å². The van der Waals surface area contributed by atoms with Gasteiger partial charge in [-0.2, -0.15) is 10.2 Å². The summed E-state index contributed by atoms with van der Waals surface area (Å²) in [6.07, 6.45) is 4.47. The van der Waals surface area contributed by atoms with Crippen molar-refractivity contribution >= 4 is 0 Å². The van der Waals surface area contributed by atoms with Crippen LogP contribution < -0.4 is 4.74 Å². The van der Waals surface area contributed by atoms with Crippen LogP contribution in [-0.4, -0.2) is 47.3 Å². The van der Waals surface area contributed by atoms with Crippen LogP contribution in [0, 0.1) is 0 Å². The third-order valence-corrected chi connectivity index (χ3v) is 3.88. The Morgan fingerprint density at radius 2 is 1.96 bits per heavy atom. The monoisotopic (exact) mass is 356 g/mol. The summed E-state index contributed by atoms with van der Waals surface area (Å²) in [5.74, 6) is 2.38. The molecule has 3 aromatic rings. The number of aromatic nitrogens is 6. The number of benzene rings is 1. The first kappa shape index (κ1) is 18.1. The van der Waals surface area contributed by atoms with Crippen molar-refractivity contribution in [2.45, 2.75) is 45.4 Å². The molecule has 8 nitrogen and oxygen atoms in total. The van der Waals surface area contributed by atoms with Crippen molar-refractivity contribution in [1.29, 1.82) is 0 Å². The highest BCUT2D eigenvalue weighted by Gasteiger charge is 2.19. The maximum atomic E-state index is 10.2. The largest absolute Gasteiger partial charge is 0.497 e. The zero-order valence-corrected chi connectivity index (χ0v) is 15.3. The standard InChI is InChI=1S/C18H24N6O2/c1-18(2,25)11-24-17(8-9-23-13-19-12-20-23)21-16(22-24)10-14-4-6-15(26-3)7-5-14/h4-7,12-13,25H,8-11H2,1-3H3. The Kier molecular flexibility index (Phi) is 5.32. The van der Waals surface area contributed by atoms with Crippen LogP contribution in [0.25, 0.3) is 0 Å². The lowest BCUT2D eigenvalue weighted by atomic mass is 10.1. The van der Waals surface area contributed by atoms with E-state index in [4.69, 9.17) is 4.74 Å². The molecule has 0 aliphatic heterocycles. The molecule has 2 heterocycles. The van der Waals surface area contributed by atoms with E-state index in [0.29, 0.717) is 25.9 Å². The van der Waals surface area contributed by atoms with Gasteiger partial charge in [-0.05, 0) is 31.5 Å². The predicted octanol–water partition coefficient (Wildman–Crippen LogP) is 1.48. The molecule has 0 amide bonds. The van der Waals surface area contributed by atoms with Crippen LogP contribution in [0.2, 0.25) is 0 Å². The number of nitrogens with zero attached hydrogens (tertiary/aromatic N) is 6. The molecule has 0 radical (unpaired) electrons. The van der Waals surface area contributed by atoms with Crippen molar-refractivity contribution in [2.24, 2.45) is 0 Å². The molecule has 0 unspecified atom stereocenters. The van der Waals surface area contributed by atoms with Gasteiger partial charge >= 0.3 is 0 Å². The van der Waals surface area contributed by atoms with E-state index >= 15 is 0 Å². The molecule has 26 heavy (non-hydrogen) atoms. The van der Waals surface area contributed by atoms with Crippen molar-refractivity contribution in [3.8, 4) is 5.75 Å². The number of methoxy groups -OCH3 is 1. The number of hydrogen-bond acceptors (Lipinski definition) is 6. The van der Waals surface area contributed by atoms with Crippen LogP contribution in [0.3, 0.4) is 0 Å². The molecule has 2 aromatic heterocycles. The summed E-state index contributed by atoms with van der Waals surface area (Å²) < 4.78 is 8.73. The fourth-order valence-electron chi connectivity index (χ4n) is 2.67. The highest BCUT2D eigenvalue weighted by molar-refractivity contribution is 5.28. The van der Waals surface area contributed by atoms with Crippen LogP contribution in [0.15, 0.2) is 36.9 Å². The van der Waals surface area contributed by atoms with Crippen LogP contribution in [0.4, 0.5) is 0 Å². The summed E-state index contributed by atoms with van der Waals surface area (Å²) in [6.45, 7) is 4.57. The molecule has 0 spiro atoms. The maximum Gasteiger partial charge on any atom is 0.155 e. The quantitative estimate of drug-likeness (QED) is 0.657. The van der Waals surface area contributed by atoms with Crippen molar-refractivity contribution < 1.29 is 9.84 Å². The minimum Gasteiger partial charge on any atom is -0.497 e. The first-order chi connectivity index (χ1) is 12.4. The van der Waals surface area contributed by atoms with Crippen LogP contribution in [-0.2, 0) is 25.9 Å². The number of ether oxygens (including phenoxy) is 1. The van der Waals surface area contributed by atoms with Gasteiger partial charge in [-0.25, -0.2) is 14.6 Å². The Balaban J connectivity index is 1.77. The molecule has 0 aliphatic carbocycles. The van der Waals surface area contributed by atoms with Crippen LogP contribution in [0.5, 0.6) is 5.75 Å². The van der Waals surface area contributed by atoms with Gasteiger partial charge in [0.1, 0.15) is 24.2 Å². The van der Waals surface area contributed by atoms with E-state index in [1.807, 2.05) is 24.3 Å². The molecule has 138 valence electrons. The van der Waals surface area contributed by atoms with Gasteiger partial charge in [0.15, 0.2) is 5.82 Å². The Morgan fingerprint density at radius 3 is 2.58 bits per heavy atom. The SMILES string of the molecule is COc1ccc(Cc2nc(CCn3cncn3)n(CC(C)(C)O)n2)cc1. The Morgan fingerprint density at radius 1 is 1.19 bits per heavy atom. The summed E-state index contributed by atoms with van der Waals surface area (Å²) in [5.41, 5.74) is 0.238. The normalized spacial score (nSPS) is 11.7. The molecule has 0 atom stereocenters. The van der Waals surface area contributed by atoms with Crippen LogP contribution >= 0.6 is 0 Å². The highest BCUT2D eigenvalue weighted by atomic mass is 16.5. The lowest BCUT2D eigenvalue weighted by Gasteiger charge is -2.17. The van der Waals surface area contributed by atoms with E-state index in [1.54, 1.807) is 36.6 Å². The van der Waals surface area contributed by atoms with Gasteiger partial charge in [-0.3, -0.25) is 4.68 Å². The lowest BCUT2D eigenvalue weighted by molar-refractivity contribution is 0.0565. The molecule has 0 bridgehead atoms. The molecule has 3 rings (SSSR count). The van der Waals surface area contributed by atoms with Crippen molar-refractivity contribution in [3.63, 3.8) is 0 Å². The van der Waals surface area contributed by atoms with E-state index in [9.17, 15) is 5.11 Å². The van der Waals surface area contributed by atoms with Gasteiger partial charge in [0.05, 0.1) is 19.3 Å². The summed E-state index contributed by atoms with van der Waals surface area (Å²) in [5, 5.41) is 18.9. The van der Waals surface area contributed by atoms with Gasteiger partial charge in [0, 0.05) is 19.4 Å². The minimum atomic E-state index is -0.868. The smallest absolute Gasteiger partial charge is 0.155 e. The third-order valence-electron chi connectivity index (χ3n) is 3.88. The second kappa shape index (κ2) is 7.65. The molecule has 0 fully saturated rings. The van der Waals surface area contributed by atoms with Gasteiger partial charge in [0.25, 0.3) is 0 Å². The van der Waals surface area contributed by atoms with Gasteiger partial charge in [0.2, 0.25) is 0 Å². The van der Waals surface area contributed by atoms with Crippen molar-refractivity contribution in [2.75, 3.05) is 7.11 Å². The molecule has 1 aromatic carbocycles. The average molecular weight is 356 g/mol. The fraction of sp³-hybridized carbons (Fsp3) is 0.444. The van der Waals surface area contributed by atoms with E-state index < -0.39 is 5.60 Å². The molecular weight excluding hydrogens is 332 g/mol. The van der Waals surface area contributed by atoms with E-state index in [-0.39, 0.29) is 0 Å². The van der Waals surface area contributed by atoms with Crippen molar-refractivity contribution in [1.82, 2.24) is 29.5 Å². The molecule has 0 aliphatic rings. The molecular formula is C18H24N6O2. The minimum absolute atomic E-state index is 0.384. The maximum absolute atomic E-state index is 10.2. The fourth-order valence-corrected chi connectivity index (χ4v) is 2.67. The van der Waals surface area contributed by atoms with Crippen LogP contribution in [0.1, 0.15) is 31.1 Å². The van der Waals surface area contributed by atoms with Crippen molar-refractivity contribution in [3.05, 3.63) is 54.1 Å². The average Bonchev–Trinajstić information content (AvgIpc) is 3.22. The third kappa shape index (κ3) is 4.89. The first-order valence-electron chi connectivity index (χ1n) is 8.53. The molecule has 0 saturated heterocycles. The lowest BCUT2D eigenvalue weighted by Crippen LogP contribution is -2.28. The molecule has 8 heteroatoms. The Hall–Kier alpha value is -2.74. The number of hydrogen-bond donors (Lipinski definition) is 1. The molecule has 0 saturated carbocycles. The van der Waals surface area contributed by atoms with E-state index in [1.165, 1.54) is 6.33 Å². The first-order valence-corrected chi connectivity index (χ1v) is 8.53. The number of aliphatic hydroxyl groups is 1. The number of aryl methyl sites for hydroxylation is 2. The Labute approximate surface area is 152 Å².